The first kappa shape index (κ1) is 29.2. The Bertz CT molecular complexity index is 1430. The highest BCUT2D eigenvalue weighted by Crippen LogP contribution is 2.51. The Hall–Kier alpha value is -1.79. The number of fused-ring (bicyclic) bond motifs is 1. The van der Waals surface area contributed by atoms with Gasteiger partial charge in [0.25, 0.3) is 5.56 Å². The average Bonchev–Trinajstić information content (AvgIpc) is 3.08. The van der Waals surface area contributed by atoms with E-state index >= 15 is 0 Å². The molecule has 0 spiro atoms. The minimum atomic E-state index is -3.42. The molecule has 2 N–H and O–H groups in total. The van der Waals surface area contributed by atoms with Crippen molar-refractivity contribution in [2.24, 2.45) is 0 Å². The van der Waals surface area contributed by atoms with E-state index in [2.05, 4.69) is 15.3 Å². The zero-order valence-corrected chi connectivity index (χ0v) is 24.2. The van der Waals surface area contributed by atoms with Crippen molar-refractivity contribution in [2.45, 2.75) is 59.5 Å². The maximum atomic E-state index is 14.5. The van der Waals surface area contributed by atoms with Gasteiger partial charge in [-0.15, -0.1) is 0 Å². The monoisotopic (exact) mass is 543 g/mol. The van der Waals surface area contributed by atoms with E-state index in [1.165, 1.54) is 21.3 Å². The Morgan fingerprint density at radius 2 is 1.76 bits per heavy atom. The average molecular weight is 542 g/mol. The van der Waals surface area contributed by atoms with Crippen molar-refractivity contribution in [1.29, 1.82) is 0 Å². The van der Waals surface area contributed by atoms with Gasteiger partial charge in [-0.05, 0) is 37.7 Å². The fraction of sp³-hybridized carbons (Fsp3) is 0.650. The SMILES string of the molecule is BC(F)(F)c1cc2cnc(NC3(B)C(B)(B)CN(S(C)(=O)=O)CC3(B)B)nc2n(C2CCCC2(C)O)c1=O. The molecule has 1 aliphatic carbocycles. The number of piperidine rings is 1. The molecular weight excluding hydrogens is 509 g/mol. The van der Waals surface area contributed by atoms with Gasteiger partial charge < -0.3 is 10.4 Å². The van der Waals surface area contributed by atoms with Crippen LogP contribution >= 0.6 is 0 Å². The molecule has 2 aliphatic rings. The van der Waals surface area contributed by atoms with E-state index in [0.717, 1.165) is 6.07 Å². The Morgan fingerprint density at radius 1 is 1.18 bits per heavy atom. The molecule has 0 amide bonds. The summed E-state index contributed by atoms with van der Waals surface area (Å²) < 4.78 is 56.4. The van der Waals surface area contributed by atoms with Crippen LogP contribution in [-0.4, -0.2) is 110 Å². The van der Waals surface area contributed by atoms with Crippen molar-refractivity contribution >= 4 is 74.1 Å². The van der Waals surface area contributed by atoms with Crippen molar-refractivity contribution in [3.8, 4) is 0 Å². The summed E-state index contributed by atoms with van der Waals surface area (Å²) in [6.45, 7) is 2.16. The second-order valence-electron chi connectivity index (χ2n) is 12.9. The van der Waals surface area contributed by atoms with Crippen LogP contribution < -0.4 is 10.9 Å². The number of aromatic nitrogens is 3. The molecule has 2 fully saturated rings. The predicted octanol–water partition coefficient (Wildman–Crippen LogP) is -4.27. The van der Waals surface area contributed by atoms with Crippen molar-refractivity contribution in [3.05, 3.63) is 28.2 Å². The van der Waals surface area contributed by atoms with E-state index in [1.807, 2.05) is 39.2 Å². The van der Waals surface area contributed by atoms with Crippen molar-refractivity contribution in [1.82, 2.24) is 18.8 Å². The molecule has 9 nitrogen and oxygen atoms in total. The van der Waals surface area contributed by atoms with Crippen LogP contribution in [0.15, 0.2) is 17.1 Å². The molecule has 1 saturated carbocycles. The molecule has 2 aromatic rings. The number of aliphatic hydroxyl groups is 1. The van der Waals surface area contributed by atoms with Gasteiger partial charge >= 0.3 is 0 Å². The van der Waals surface area contributed by atoms with Crippen molar-refractivity contribution < 1.29 is 22.3 Å². The van der Waals surface area contributed by atoms with E-state index in [0.29, 0.717) is 27.1 Å². The highest BCUT2D eigenvalue weighted by atomic mass is 32.2. The van der Waals surface area contributed by atoms with E-state index in [9.17, 15) is 27.1 Å². The molecular formula is C20H33B6F2N5O4S. The lowest BCUT2D eigenvalue weighted by Gasteiger charge is -2.61. The van der Waals surface area contributed by atoms with Crippen molar-refractivity contribution in [3.63, 3.8) is 0 Å². The molecule has 0 aromatic carbocycles. The van der Waals surface area contributed by atoms with Gasteiger partial charge in [0.05, 0.1) is 23.5 Å². The number of nitrogens with zero attached hydrogens (tertiary/aromatic N) is 4. The van der Waals surface area contributed by atoms with E-state index in [-0.39, 0.29) is 30.1 Å². The summed E-state index contributed by atoms with van der Waals surface area (Å²) in [6, 6.07) is 0.408. The van der Waals surface area contributed by atoms with Gasteiger partial charge in [-0.1, -0.05) is 10.4 Å². The largest absolute Gasteiger partial charge is 0.388 e. The number of rotatable bonds is 5. The van der Waals surface area contributed by atoms with E-state index in [4.69, 9.17) is 0 Å². The van der Waals surface area contributed by atoms with Crippen LogP contribution in [0.1, 0.15) is 37.8 Å². The number of sulfonamides is 1. The third-order valence-corrected chi connectivity index (χ3v) is 10.3. The maximum absolute atomic E-state index is 14.5. The highest BCUT2D eigenvalue weighted by Gasteiger charge is 2.56. The van der Waals surface area contributed by atoms with Gasteiger partial charge in [-0.25, -0.2) is 26.5 Å². The minimum Gasteiger partial charge on any atom is -0.388 e. The Morgan fingerprint density at radius 3 is 2.24 bits per heavy atom. The first-order chi connectivity index (χ1) is 17.1. The molecule has 4 rings (SSSR count). The number of hydrogen-bond acceptors (Lipinski definition) is 7. The van der Waals surface area contributed by atoms with Crippen LogP contribution in [-0.2, 0) is 15.8 Å². The Balaban J connectivity index is 1.88. The summed E-state index contributed by atoms with van der Waals surface area (Å²) >= 11 is 0. The van der Waals surface area contributed by atoms with Crippen LogP contribution in [0.25, 0.3) is 11.0 Å². The summed E-state index contributed by atoms with van der Waals surface area (Å²) in [4.78, 5) is 22.5. The number of pyridine rings is 1. The van der Waals surface area contributed by atoms with Gasteiger partial charge in [0.2, 0.25) is 21.8 Å². The summed E-state index contributed by atoms with van der Waals surface area (Å²) in [5.74, 6) is -3.19. The van der Waals surface area contributed by atoms with Crippen LogP contribution in [0.5, 0.6) is 0 Å². The molecule has 2 aromatic heterocycles. The van der Waals surface area contributed by atoms with E-state index in [1.54, 1.807) is 6.92 Å². The van der Waals surface area contributed by atoms with Crippen LogP contribution in [0.3, 0.4) is 0 Å². The quantitative estimate of drug-likeness (QED) is 0.368. The topological polar surface area (TPSA) is 117 Å². The smallest absolute Gasteiger partial charge is 0.260 e. The van der Waals surface area contributed by atoms with Crippen LogP contribution in [0.4, 0.5) is 14.7 Å². The summed E-state index contributed by atoms with van der Waals surface area (Å²) in [5, 5.41) is 13.6. The summed E-state index contributed by atoms with van der Waals surface area (Å²) in [6.07, 6.45) is 4.14. The third-order valence-electron chi connectivity index (χ3n) is 9.12. The summed E-state index contributed by atoms with van der Waals surface area (Å²) in [7, 11) is 7.15. The molecule has 200 valence electrons. The normalized spacial score (nSPS) is 27.3. The molecule has 2 unspecified atom stereocenters. The minimum absolute atomic E-state index is 0.167. The number of anilines is 1. The molecule has 0 bridgehead atoms. The van der Waals surface area contributed by atoms with E-state index < -0.39 is 54.5 Å². The zero-order chi connectivity index (χ0) is 28.7. The highest BCUT2D eigenvalue weighted by molar-refractivity contribution is 7.88. The molecule has 0 radical (unpaired) electrons. The zero-order valence-electron chi connectivity index (χ0n) is 23.4. The van der Waals surface area contributed by atoms with Gasteiger partial charge in [-0.3, -0.25) is 9.36 Å². The van der Waals surface area contributed by atoms with Crippen molar-refractivity contribution in [2.75, 3.05) is 24.7 Å². The molecule has 1 saturated heterocycles. The third kappa shape index (κ3) is 4.74. The number of nitrogens with one attached hydrogen (secondary N) is 1. The predicted molar refractivity (Wildman–Crippen MR) is 161 cm³/mol. The first-order valence-corrected chi connectivity index (χ1v) is 14.7. The first-order valence-electron chi connectivity index (χ1n) is 12.9. The van der Waals surface area contributed by atoms with Gasteiger partial charge in [0.15, 0.2) is 7.85 Å². The number of alkyl halides is 2. The Kier molecular flexibility index (Phi) is 6.81. The Labute approximate surface area is 227 Å². The number of hydrogen-bond donors (Lipinski definition) is 2. The maximum Gasteiger partial charge on any atom is 0.260 e. The molecule has 1 aliphatic heterocycles. The second kappa shape index (κ2) is 8.86. The lowest BCUT2D eigenvalue weighted by Crippen LogP contribution is -2.69. The summed E-state index contributed by atoms with van der Waals surface area (Å²) in [5.41, 5.74) is -3.34. The lowest BCUT2D eigenvalue weighted by molar-refractivity contribution is 0.0256. The fourth-order valence-electron chi connectivity index (χ4n) is 6.29. The molecule has 18 heteroatoms. The fourth-order valence-corrected chi connectivity index (χ4v) is 7.40. The second-order valence-corrected chi connectivity index (χ2v) is 14.9. The van der Waals surface area contributed by atoms with Gasteiger partial charge in [-0.2, -0.15) is 4.98 Å². The van der Waals surface area contributed by atoms with Crippen LogP contribution in [0, 0.1) is 0 Å². The van der Waals surface area contributed by atoms with Gasteiger partial charge in [0.1, 0.15) is 44.9 Å². The van der Waals surface area contributed by atoms with Gasteiger partial charge in [0, 0.05) is 24.7 Å². The van der Waals surface area contributed by atoms with Crippen LogP contribution in [0.2, 0.25) is 10.4 Å². The molecule has 3 heterocycles. The number of halogens is 2. The standard InChI is InChI=1S/C20H33B6F2N5O4S/c1-16(35)5-3-4-12(16)33-13-10(6-11(14(33)34)19(25,27)28)7-29-15(30-13)31-20(26)17(21,22)8-32(38(2,36)37)9-18(20,23)24/h6-7,12,35H,3-5,8-9,21-26H2,1-2H3,(H,29,30,31). The lowest BCUT2D eigenvalue weighted by atomic mass is 9.25. The molecule has 2 atom stereocenters. The molecule has 38 heavy (non-hydrogen) atoms.